The summed E-state index contributed by atoms with van der Waals surface area (Å²) in [7, 11) is 0. The Labute approximate surface area is 182 Å². The summed E-state index contributed by atoms with van der Waals surface area (Å²) in [5.41, 5.74) is 3.02. The second-order valence-corrected chi connectivity index (χ2v) is 7.92. The van der Waals surface area contributed by atoms with Gasteiger partial charge in [-0.15, -0.1) is 0 Å². The highest BCUT2D eigenvalue weighted by Gasteiger charge is 2.37. The number of halogens is 3. The molecule has 154 valence electrons. The Balaban J connectivity index is 1.76. The van der Waals surface area contributed by atoms with Crippen LogP contribution in [-0.4, -0.2) is 21.5 Å². The van der Waals surface area contributed by atoms with E-state index in [-0.39, 0.29) is 16.9 Å². The van der Waals surface area contributed by atoms with Crippen molar-refractivity contribution in [2.24, 2.45) is 0 Å². The Hall–Kier alpha value is -3.50. The molecule has 1 unspecified atom stereocenters. The largest absolute Gasteiger partial charge is 0.360 e. The van der Waals surface area contributed by atoms with Crippen LogP contribution in [0.5, 0.6) is 0 Å². The summed E-state index contributed by atoms with van der Waals surface area (Å²) in [6, 6.07) is 9.52. The van der Waals surface area contributed by atoms with Gasteiger partial charge in [-0.3, -0.25) is 0 Å². The summed E-state index contributed by atoms with van der Waals surface area (Å²) in [6.45, 7) is 9.25. The minimum absolute atomic E-state index is 0.179. The zero-order valence-electron chi connectivity index (χ0n) is 16.5. The van der Waals surface area contributed by atoms with E-state index in [9.17, 15) is 4.39 Å². The molecule has 0 fully saturated rings. The van der Waals surface area contributed by atoms with Gasteiger partial charge in [0.2, 0.25) is 0 Å². The van der Waals surface area contributed by atoms with Crippen molar-refractivity contribution in [2.45, 2.75) is 19.4 Å². The van der Waals surface area contributed by atoms with E-state index in [4.69, 9.17) is 18.2 Å². The molecule has 0 radical (unpaired) electrons. The molecule has 1 aliphatic rings. The lowest BCUT2D eigenvalue weighted by atomic mass is 9.91. The molecule has 8 heteroatoms. The lowest BCUT2D eigenvalue weighted by molar-refractivity contribution is 0.481. The van der Waals surface area contributed by atoms with Crippen LogP contribution in [-0.2, 0) is 6.42 Å². The van der Waals surface area contributed by atoms with Gasteiger partial charge < -0.3 is 14.7 Å². The molecular formula is C23H16ClF2N5. The average molecular weight is 436 g/mol. The maximum atomic E-state index is 15.2. The fourth-order valence-electron chi connectivity index (χ4n) is 4.21. The van der Waals surface area contributed by atoms with Gasteiger partial charge in [0.05, 0.1) is 0 Å². The van der Waals surface area contributed by atoms with Crippen LogP contribution in [0.2, 0.25) is 5.02 Å². The third-order valence-corrected chi connectivity index (χ3v) is 5.92. The number of nitrogens with one attached hydrogen (secondary N) is 1. The molecule has 31 heavy (non-hydrogen) atoms. The van der Waals surface area contributed by atoms with E-state index < -0.39 is 17.7 Å². The minimum atomic E-state index is -0.902. The van der Waals surface area contributed by atoms with E-state index >= 15 is 4.39 Å². The summed E-state index contributed by atoms with van der Waals surface area (Å²) in [5.74, 6) is -1.30. The fraction of sp³-hybridized carbons (Fsp3) is 0.174. The number of fused-ring (bicyclic) bond motifs is 3. The van der Waals surface area contributed by atoms with E-state index in [1.165, 1.54) is 19.2 Å². The van der Waals surface area contributed by atoms with Gasteiger partial charge in [-0.05, 0) is 48.7 Å². The second kappa shape index (κ2) is 7.33. The van der Waals surface area contributed by atoms with Gasteiger partial charge in [-0.2, -0.15) is 0 Å². The second-order valence-electron chi connectivity index (χ2n) is 7.48. The van der Waals surface area contributed by atoms with Crippen molar-refractivity contribution in [1.82, 2.24) is 15.0 Å². The molecule has 2 aromatic heterocycles. The number of rotatable bonds is 2. The third-order valence-electron chi connectivity index (χ3n) is 5.69. The van der Waals surface area contributed by atoms with Crippen molar-refractivity contribution < 1.29 is 8.78 Å². The smallest absolute Gasteiger partial charge is 0.322 e. The molecule has 0 saturated carbocycles. The molecule has 0 bridgehead atoms. The molecule has 5 nitrogen and oxygen atoms in total. The molecule has 4 aromatic rings. The summed E-state index contributed by atoms with van der Waals surface area (Å²) < 4.78 is 29.7. The number of nitrogens with zero attached hydrogens (tertiary/aromatic N) is 4. The highest BCUT2D eigenvalue weighted by molar-refractivity contribution is 6.31. The van der Waals surface area contributed by atoms with Gasteiger partial charge in [0.25, 0.3) is 5.82 Å². The number of aromatic nitrogens is 3. The lowest BCUT2D eigenvalue weighted by Crippen LogP contribution is -2.38. The molecule has 0 amide bonds. The highest BCUT2D eigenvalue weighted by Crippen LogP contribution is 2.41. The molecule has 1 N–H and O–H groups in total. The topological polar surface area (TPSA) is 49.2 Å². The quantitative estimate of drug-likeness (QED) is 0.399. The predicted octanol–water partition coefficient (Wildman–Crippen LogP) is 5.90. The Bertz CT molecular complexity index is 1370. The Kier molecular flexibility index (Phi) is 4.60. The monoisotopic (exact) mass is 435 g/mol. The number of hydrogen-bond acceptors (Lipinski definition) is 3. The van der Waals surface area contributed by atoms with Crippen LogP contribution in [0.25, 0.3) is 15.7 Å². The van der Waals surface area contributed by atoms with Crippen molar-refractivity contribution in [1.29, 1.82) is 0 Å². The third kappa shape index (κ3) is 3.11. The number of aromatic amines is 1. The van der Waals surface area contributed by atoms with Crippen molar-refractivity contribution in [3.8, 4) is 0 Å². The predicted molar refractivity (Wildman–Crippen MR) is 116 cm³/mol. The molecule has 0 spiro atoms. The number of H-pyrrole nitrogens is 1. The SMILES string of the molecule is [C-]#[N+]c1ccnc(N2CCc3c([nH]c4ccc(Cl)cc34)C2c2ccc(C)c(F)c2F)n1. The highest BCUT2D eigenvalue weighted by atomic mass is 35.5. The number of aryl methyl sites for hydroxylation is 1. The first-order valence-corrected chi connectivity index (χ1v) is 10.1. The number of anilines is 1. The van der Waals surface area contributed by atoms with E-state index in [1.54, 1.807) is 23.1 Å². The van der Waals surface area contributed by atoms with Gasteiger partial charge in [-0.1, -0.05) is 35.3 Å². The van der Waals surface area contributed by atoms with Crippen molar-refractivity contribution in [2.75, 3.05) is 11.4 Å². The Morgan fingerprint density at radius 2 is 2.03 bits per heavy atom. The van der Waals surface area contributed by atoms with E-state index in [0.29, 0.717) is 23.9 Å². The van der Waals surface area contributed by atoms with Crippen LogP contribution in [0.3, 0.4) is 0 Å². The summed E-state index contributed by atoms with van der Waals surface area (Å²) in [4.78, 5) is 17.2. The van der Waals surface area contributed by atoms with Crippen LogP contribution in [0.1, 0.15) is 28.4 Å². The molecule has 3 heterocycles. The summed E-state index contributed by atoms with van der Waals surface area (Å²) in [5, 5.41) is 1.56. The fourth-order valence-corrected chi connectivity index (χ4v) is 4.38. The molecule has 0 saturated heterocycles. The van der Waals surface area contributed by atoms with Crippen LogP contribution < -0.4 is 4.90 Å². The standard InChI is InChI=1S/C23H16ClF2N5/c1-12-3-5-15(20(26)19(12)25)22-21-14(16-11-13(24)4-6-17(16)29-21)8-10-31(22)23-28-9-7-18(27-2)30-23/h3-7,9,11,22,29H,8,10H2,1H3. The zero-order chi connectivity index (χ0) is 21.7. The molecule has 1 aliphatic heterocycles. The molecule has 0 aliphatic carbocycles. The summed E-state index contributed by atoms with van der Waals surface area (Å²) >= 11 is 6.21. The van der Waals surface area contributed by atoms with Crippen LogP contribution in [0.15, 0.2) is 42.6 Å². The Morgan fingerprint density at radius 3 is 2.84 bits per heavy atom. The lowest BCUT2D eigenvalue weighted by Gasteiger charge is -2.35. The normalized spacial score (nSPS) is 15.7. The molecule has 2 aromatic carbocycles. The van der Waals surface area contributed by atoms with Crippen LogP contribution in [0.4, 0.5) is 20.5 Å². The minimum Gasteiger partial charge on any atom is -0.360 e. The van der Waals surface area contributed by atoms with Crippen molar-refractivity contribution >= 4 is 34.3 Å². The molecule has 5 rings (SSSR count). The van der Waals surface area contributed by atoms with Crippen LogP contribution >= 0.6 is 11.6 Å². The van der Waals surface area contributed by atoms with E-state index in [2.05, 4.69) is 19.8 Å². The van der Waals surface area contributed by atoms with Crippen molar-refractivity contribution in [3.63, 3.8) is 0 Å². The maximum Gasteiger partial charge on any atom is 0.322 e. The van der Waals surface area contributed by atoms with Gasteiger partial charge in [0, 0.05) is 39.9 Å². The first-order chi connectivity index (χ1) is 15.0. The average Bonchev–Trinajstić information content (AvgIpc) is 3.15. The first kappa shape index (κ1) is 19.5. The number of hydrogen-bond donors (Lipinski definition) is 1. The van der Waals surface area contributed by atoms with E-state index in [0.717, 1.165) is 22.2 Å². The van der Waals surface area contributed by atoms with Gasteiger partial charge in [0.15, 0.2) is 11.6 Å². The molecular weight excluding hydrogens is 420 g/mol. The summed E-state index contributed by atoms with van der Waals surface area (Å²) in [6.07, 6.45) is 2.13. The van der Waals surface area contributed by atoms with Gasteiger partial charge in [0.1, 0.15) is 6.04 Å². The maximum absolute atomic E-state index is 15.2. The van der Waals surface area contributed by atoms with Gasteiger partial charge >= 0.3 is 5.95 Å². The Morgan fingerprint density at radius 1 is 1.19 bits per heavy atom. The number of benzene rings is 2. The van der Waals surface area contributed by atoms with Gasteiger partial charge in [-0.25, -0.2) is 13.8 Å². The van der Waals surface area contributed by atoms with Crippen molar-refractivity contribution in [3.05, 3.63) is 93.1 Å². The molecule has 1 atom stereocenters. The van der Waals surface area contributed by atoms with E-state index in [1.807, 2.05) is 12.1 Å². The zero-order valence-corrected chi connectivity index (χ0v) is 17.2. The first-order valence-electron chi connectivity index (χ1n) is 9.69. The van der Waals surface area contributed by atoms with Crippen LogP contribution in [0, 0.1) is 25.1 Å².